The second-order valence-corrected chi connectivity index (χ2v) is 6.36. The number of aryl methyl sites for hydroxylation is 1. The summed E-state index contributed by atoms with van der Waals surface area (Å²) < 4.78 is 25.0. The Morgan fingerprint density at radius 1 is 0.769 bits per heavy atom. The van der Waals surface area contributed by atoms with Crippen LogP contribution >= 0.6 is 0 Å². The molecule has 0 saturated carbocycles. The summed E-state index contributed by atoms with van der Waals surface area (Å²) >= 11 is 0. The van der Waals surface area contributed by atoms with Gasteiger partial charge in [-0.3, -0.25) is 0 Å². The first-order valence-corrected chi connectivity index (χ1v) is 9.22. The van der Waals surface area contributed by atoms with Crippen LogP contribution in [-0.2, 0) is 6.42 Å². The highest BCUT2D eigenvalue weighted by atomic mass is 19.3. The SMILES string of the molecule is CCCCCCCc1ccc(C=NN=Cc2ccc(C(F)F)cc2)cc1. The Morgan fingerprint density at radius 2 is 1.31 bits per heavy atom. The van der Waals surface area contributed by atoms with Gasteiger partial charge in [0.1, 0.15) is 0 Å². The molecule has 0 aliphatic carbocycles. The van der Waals surface area contributed by atoms with Gasteiger partial charge in [-0.25, -0.2) is 8.78 Å². The fourth-order valence-electron chi connectivity index (χ4n) is 2.63. The second-order valence-electron chi connectivity index (χ2n) is 6.36. The van der Waals surface area contributed by atoms with Gasteiger partial charge in [-0.05, 0) is 29.5 Å². The molecule has 0 saturated heterocycles. The van der Waals surface area contributed by atoms with Crippen LogP contribution in [0.3, 0.4) is 0 Å². The van der Waals surface area contributed by atoms with Gasteiger partial charge in [0, 0.05) is 5.56 Å². The third-order valence-corrected chi connectivity index (χ3v) is 4.22. The number of halogens is 2. The van der Waals surface area contributed by atoms with Crippen LogP contribution in [0.4, 0.5) is 8.78 Å². The highest BCUT2D eigenvalue weighted by Gasteiger charge is 2.04. The van der Waals surface area contributed by atoms with Gasteiger partial charge < -0.3 is 0 Å². The molecule has 0 unspecified atom stereocenters. The molecule has 0 aromatic heterocycles. The van der Waals surface area contributed by atoms with E-state index in [0.29, 0.717) is 0 Å². The van der Waals surface area contributed by atoms with E-state index in [1.54, 1.807) is 24.6 Å². The van der Waals surface area contributed by atoms with Crippen molar-refractivity contribution in [1.29, 1.82) is 0 Å². The third kappa shape index (κ3) is 7.26. The van der Waals surface area contributed by atoms with Crippen LogP contribution in [0.1, 0.15) is 67.7 Å². The first-order chi connectivity index (χ1) is 12.7. The zero-order valence-corrected chi connectivity index (χ0v) is 15.2. The van der Waals surface area contributed by atoms with Crippen molar-refractivity contribution in [2.24, 2.45) is 10.2 Å². The number of rotatable bonds is 10. The number of nitrogens with zero attached hydrogens (tertiary/aromatic N) is 2. The van der Waals surface area contributed by atoms with E-state index in [1.807, 2.05) is 12.1 Å². The molecule has 2 aromatic rings. The van der Waals surface area contributed by atoms with Gasteiger partial charge in [0.2, 0.25) is 0 Å². The minimum atomic E-state index is -2.45. The highest BCUT2D eigenvalue weighted by molar-refractivity contribution is 5.82. The molecule has 0 radical (unpaired) electrons. The Bertz CT molecular complexity index is 689. The molecule has 2 nitrogen and oxygen atoms in total. The Labute approximate surface area is 154 Å². The number of benzene rings is 2. The van der Waals surface area contributed by atoms with Crippen LogP contribution < -0.4 is 0 Å². The molecule has 0 fully saturated rings. The number of alkyl halides is 2. The Kier molecular flexibility index (Phi) is 8.67. The molecule has 0 heterocycles. The minimum Gasteiger partial charge on any atom is -0.205 e. The standard InChI is InChI=1S/C22H26F2N2/c1-2-3-4-5-6-7-18-8-10-19(11-9-18)16-25-26-17-20-12-14-21(15-13-20)22(23)24/h8-17,22H,2-7H2,1H3. The summed E-state index contributed by atoms with van der Waals surface area (Å²) in [5, 5.41) is 7.99. The molecule has 0 N–H and O–H groups in total. The maximum atomic E-state index is 12.5. The monoisotopic (exact) mass is 356 g/mol. The number of unbranched alkanes of at least 4 members (excludes halogenated alkanes) is 4. The van der Waals surface area contributed by atoms with Crippen molar-refractivity contribution in [2.45, 2.75) is 51.9 Å². The lowest BCUT2D eigenvalue weighted by Crippen LogP contribution is -1.88. The first-order valence-electron chi connectivity index (χ1n) is 9.22. The van der Waals surface area contributed by atoms with Crippen LogP contribution in [0.15, 0.2) is 58.7 Å². The number of hydrogen-bond donors (Lipinski definition) is 0. The van der Waals surface area contributed by atoms with E-state index in [0.717, 1.165) is 17.5 Å². The van der Waals surface area contributed by atoms with Crippen molar-refractivity contribution in [2.75, 3.05) is 0 Å². The Morgan fingerprint density at radius 3 is 1.85 bits per heavy atom. The average molecular weight is 356 g/mol. The van der Waals surface area contributed by atoms with Crippen LogP contribution in [0.5, 0.6) is 0 Å². The molecule has 2 aromatic carbocycles. The molecule has 0 bridgehead atoms. The van der Waals surface area contributed by atoms with E-state index >= 15 is 0 Å². The van der Waals surface area contributed by atoms with Crippen molar-refractivity contribution in [3.8, 4) is 0 Å². The topological polar surface area (TPSA) is 24.7 Å². The fourth-order valence-corrected chi connectivity index (χ4v) is 2.63. The maximum absolute atomic E-state index is 12.5. The molecule has 26 heavy (non-hydrogen) atoms. The predicted molar refractivity (Wildman–Crippen MR) is 105 cm³/mol. The first kappa shape index (κ1) is 20.0. The summed E-state index contributed by atoms with van der Waals surface area (Å²) in [6, 6.07) is 14.4. The molecular formula is C22H26F2N2. The lowest BCUT2D eigenvalue weighted by molar-refractivity contribution is 0.151. The molecule has 0 amide bonds. The largest absolute Gasteiger partial charge is 0.263 e. The molecule has 138 valence electrons. The van der Waals surface area contributed by atoms with Gasteiger partial charge in [0.05, 0.1) is 12.4 Å². The smallest absolute Gasteiger partial charge is 0.205 e. The Balaban J connectivity index is 1.78. The summed E-state index contributed by atoms with van der Waals surface area (Å²) in [6.45, 7) is 2.23. The summed E-state index contributed by atoms with van der Waals surface area (Å²) in [5.74, 6) is 0. The van der Waals surface area contributed by atoms with E-state index < -0.39 is 6.43 Å². The van der Waals surface area contributed by atoms with Crippen molar-refractivity contribution >= 4 is 12.4 Å². The summed E-state index contributed by atoms with van der Waals surface area (Å²) in [4.78, 5) is 0. The van der Waals surface area contributed by atoms with Gasteiger partial charge in [0.25, 0.3) is 6.43 Å². The van der Waals surface area contributed by atoms with Crippen molar-refractivity contribution < 1.29 is 8.78 Å². The van der Waals surface area contributed by atoms with Gasteiger partial charge >= 0.3 is 0 Å². The van der Waals surface area contributed by atoms with Crippen LogP contribution in [0.2, 0.25) is 0 Å². The van der Waals surface area contributed by atoms with Crippen LogP contribution in [-0.4, -0.2) is 12.4 Å². The van der Waals surface area contributed by atoms with Crippen molar-refractivity contribution in [1.82, 2.24) is 0 Å². The Hall–Kier alpha value is -2.36. The third-order valence-electron chi connectivity index (χ3n) is 4.22. The van der Waals surface area contributed by atoms with Gasteiger partial charge in [-0.1, -0.05) is 81.1 Å². The van der Waals surface area contributed by atoms with Gasteiger partial charge in [0.15, 0.2) is 0 Å². The van der Waals surface area contributed by atoms with Gasteiger partial charge in [-0.2, -0.15) is 10.2 Å². The molecule has 4 heteroatoms. The zero-order chi connectivity index (χ0) is 18.6. The summed E-state index contributed by atoms with van der Waals surface area (Å²) in [5.41, 5.74) is 3.09. The molecular weight excluding hydrogens is 330 g/mol. The summed E-state index contributed by atoms with van der Waals surface area (Å²) in [6.07, 6.45) is 8.37. The van der Waals surface area contributed by atoms with E-state index in [4.69, 9.17) is 0 Å². The van der Waals surface area contributed by atoms with Crippen LogP contribution in [0.25, 0.3) is 0 Å². The van der Waals surface area contributed by atoms with E-state index in [1.165, 1.54) is 49.8 Å². The van der Waals surface area contributed by atoms with E-state index in [-0.39, 0.29) is 5.56 Å². The van der Waals surface area contributed by atoms with E-state index in [9.17, 15) is 8.78 Å². The minimum absolute atomic E-state index is 0.0103. The second kappa shape index (κ2) is 11.3. The highest BCUT2D eigenvalue weighted by Crippen LogP contribution is 2.18. The van der Waals surface area contributed by atoms with Crippen LogP contribution in [0, 0.1) is 0 Å². The average Bonchev–Trinajstić information content (AvgIpc) is 2.66. The van der Waals surface area contributed by atoms with Gasteiger partial charge in [-0.15, -0.1) is 0 Å². The normalized spacial score (nSPS) is 11.8. The molecule has 0 aliphatic rings. The lowest BCUT2D eigenvalue weighted by Gasteiger charge is -2.02. The number of hydrogen-bond acceptors (Lipinski definition) is 2. The zero-order valence-electron chi connectivity index (χ0n) is 15.2. The maximum Gasteiger partial charge on any atom is 0.263 e. The predicted octanol–water partition coefficient (Wildman–Crippen LogP) is 6.59. The lowest BCUT2D eigenvalue weighted by atomic mass is 10.0. The molecule has 0 atom stereocenters. The van der Waals surface area contributed by atoms with Crippen molar-refractivity contribution in [3.05, 3.63) is 70.8 Å². The molecule has 0 aliphatic heterocycles. The molecule has 0 spiro atoms. The molecule has 2 rings (SSSR count). The van der Waals surface area contributed by atoms with Crippen molar-refractivity contribution in [3.63, 3.8) is 0 Å². The summed E-state index contributed by atoms with van der Waals surface area (Å²) in [7, 11) is 0. The fraction of sp³-hybridized carbons (Fsp3) is 0.364. The quantitative estimate of drug-likeness (QED) is 0.261. The van der Waals surface area contributed by atoms with E-state index in [2.05, 4.69) is 29.3 Å².